The molecule has 0 atom stereocenters. The average Bonchev–Trinajstić information content (AvgIpc) is 2.47. The minimum Gasteiger partial charge on any atom is -0.343 e. The van der Waals surface area contributed by atoms with Gasteiger partial charge in [0.15, 0.2) is 0 Å². The van der Waals surface area contributed by atoms with E-state index in [0.717, 1.165) is 6.07 Å². The third kappa shape index (κ3) is 3.96. The van der Waals surface area contributed by atoms with Gasteiger partial charge in [-0.2, -0.15) is 0 Å². The Hall–Kier alpha value is -2.11. The third-order valence-electron chi connectivity index (χ3n) is 2.75. The maximum atomic E-state index is 13.6. The van der Waals surface area contributed by atoms with Crippen molar-refractivity contribution in [3.05, 3.63) is 63.9 Å². The Morgan fingerprint density at radius 1 is 1.00 bits per heavy atom. The molecule has 2 N–H and O–H groups in total. The Labute approximate surface area is 136 Å². The van der Waals surface area contributed by atoms with E-state index in [0.29, 0.717) is 10.7 Å². The van der Waals surface area contributed by atoms with Crippen LogP contribution in [0.3, 0.4) is 0 Å². The smallest absolute Gasteiger partial charge is 0.256 e. The summed E-state index contributed by atoms with van der Waals surface area (Å²) in [6.07, 6.45) is 0. The van der Waals surface area contributed by atoms with Crippen molar-refractivity contribution in [2.75, 3.05) is 11.9 Å². The highest BCUT2D eigenvalue weighted by molar-refractivity contribution is 6.34. The zero-order chi connectivity index (χ0) is 16.1. The summed E-state index contributed by atoms with van der Waals surface area (Å²) in [6.45, 7) is -0.339. The lowest BCUT2D eigenvalue weighted by Gasteiger charge is -2.09. The minimum absolute atomic E-state index is 0.0241. The van der Waals surface area contributed by atoms with E-state index in [4.69, 9.17) is 23.2 Å². The van der Waals surface area contributed by atoms with Gasteiger partial charge in [0, 0.05) is 0 Å². The second kappa shape index (κ2) is 7.24. The van der Waals surface area contributed by atoms with Crippen molar-refractivity contribution in [3.8, 4) is 0 Å². The summed E-state index contributed by atoms with van der Waals surface area (Å²) in [4.78, 5) is 23.6. The molecule has 0 aromatic heterocycles. The van der Waals surface area contributed by atoms with E-state index in [1.807, 2.05) is 0 Å². The van der Waals surface area contributed by atoms with Gasteiger partial charge in [0.1, 0.15) is 5.82 Å². The summed E-state index contributed by atoms with van der Waals surface area (Å²) < 4.78 is 13.6. The van der Waals surface area contributed by atoms with Gasteiger partial charge in [-0.05, 0) is 24.3 Å². The van der Waals surface area contributed by atoms with E-state index < -0.39 is 17.6 Å². The van der Waals surface area contributed by atoms with Crippen molar-refractivity contribution in [2.45, 2.75) is 0 Å². The molecule has 2 aromatic carbocycles. The number of nitrogens with one attached hydrogen (secondary N) is 2. The molecule has 2 aromatic rings. The number of carbonyl (C=O) groups excluding carboxylic acids is 2. The predicted octanol–water partition coefficient (Wildman–Crippen LogP) is 3.50. The summed E-state index contributed by atoms with van der Waals surface area (Å²) in [5, 5.41) is 5.19. The number of hydrogen-bond donors (Lipinski definition) is 2. The number of hydrogen-bond acceptors (Lipinski definition) is 2. The number of halogens is 3. The van der Waals surface area contributed by atoms with Gasteiger partial charge >= 0.3 is 0 Å². The molecule has 0 saturated heterocycles. The van der Waals surface area contributed by atoms with E-state index in [1.54, 1.807) is 24.3 Å². The topological polar surface area (TPSA) is 58.2 Å². The fourth-order valence-corrected chi connectivity index (χ4v) is 2.15. The van der Waals surface area contributed by atoms with Gasteiger partial charge in [-0.15, -0.1) is 0 Å². The molecule has 0 unspecified atom stereocenters. The lowest BCUT2D eigenvalue weighted by molar-refractivity contribution is -0.115. The standard InChI is InChI=1S/C15H11Cl2FN2O2/c16-9-4-1-2-7-12(9)20-13(21)8-19-15(22)14-10(17)5-3-6-11(14)18/h1-7H,8H2,(H,19,22)(H,20,21). The van der Waals surface area contributed by atoms with Crippen molar-refractivity contribution in [3.63, 3.8) is 0 Å². The Balaban J connectivity index is 1.97. The Bertz CT molecular complexity index is 702. The first-order chi connectivity index (χ1) is 10.5. The molecule has 0 radical (unpaired) electrons. The maximum absolute atomic E-state index is 13.6. The monoisotopic (exact) mass is 340 g/mol. The van der Waals surface area contributed by atoms with Crippen molar-refractivity contribution in [2.24, 2.45) is 0 Å². The van der Waals surface area contributed by atoms with Gasteiger partial charge in [-0.3, -0.25) is 9.59 Å². The highest BCUT2D eigenvalue weighted by Gasteiger charge is 2.16. The number of para-hydroxylation sites is 1. The average molecular weight is 341 g/mol. The quantitative estimate of drug-likeness (QED) is 0.894. The first kappa shape index (κ1) is 16.3. The molecule has 4 nitrogen and oxygen atoms in total. The summed E-state index contributed by atoms with van der Waals surface area (Å²) in [5.74, 6) is -2.01. The molecule has 2 rings (SSSR count). The van der Waals surface area contributed by atoms with Crippen molar-refractivity contribution in [1.29, 1.82) is 0 Å². The number of anilines is 1. The number of benzene rings is 2. The Morgan fingerprint density at radius 3 is 2.36 bits per heavy atom. The van der Waals surface area contributed by atoms with Crippen LogP contribution in [0.2, 0.25) is 10.0 Å². The first-order valence-electron chi connectivity index (χ1n) is 6.25. The van der Waals surface area contributed by atoms with Crippen LogP contribution < -0.4 is 10.6 Å². The molecule has 0 aliphatic carbocycles. The molecule has 0 aliphatic heterocycles. The highest BCUT2D eigenvalue weighted by Crippen LogP contribution is 2.20. The molecule has 0 spiro atoms. The molecule has 7 heteroatoms. The normalized spacial score (nSPS) is 10.1. The van der Waals surface area contributed by atoms with E-state index in [-0.39, 0.29) is 17.1 Å². The molecular formula is C15H11Cl2FN2O2. The van der Waals surface area contributed by atoms with E-state index in [1.165, 1.54) is 12.1 Å². The van der Waals surface area contributed by atoms with Crippen LogP contribution in [0.1, 0.15) is 10.4 Å². The minimum atomic E-state index is -0.766. The molecule has 0 heterocycles. The van der Waals surface area contributed by atoms with E-state index in [2.05, 4.69) is 10.6 Å². The van der Waals surface area contributed by atoms with Crippen LogP contribution in [0, 0.1) is 5.82 Å². The van der Waals surface area contributed by atoms with E-state index in [9.17, 15) is 14.0 Å². The number of carbonyl (C=O) groups is 2. The van der Waals surface area contributed by atoms with Crippen molar-refractivity contribution < 1.29 is 14.0 Å². The summed E-state index contributed by atoms with van der Waals surface area (Å²) in [7, 11) is 0. The molecule has 0 saturated carbocycles. The largest absolute Gasteiger partial charge is 0.343 e. The maximum Gasteiger partial charge on any atom is 0.256 e. The highest BCUT2D eigenvalue weighted by atomic mass is 35.5. The second-order valence-electron chi connectivity index (χ2n) is 4.31. The van der Waals surface area contributed by atoms with Gasteiger partial charge < -0.3 is 10.6 Å². The van der Waals surface area contributed by atoms with Crippen LogP contribution >= 0.6 is 23.2 Å². The van der Waals surface area contributed by atoms with Gasteiger partial charge in [0.25, 0.3) is 5.91 Å². The zero-order valence-electron chi connectivity index (χ0n) is 11.2. The fraction of sp³-hybridized carbons (Fsp3) is 0.0667. The van der Waals surface area contributed by atoms with Gasteiger partial charge in [0.2, 0.25) is 5.91 Å². The molecule has 2 amide bonds. The summed E-state index contributed by atoms with van der Waals surface area (Å²) in [6, 6.07) is 10.6. The number of amides is 2. The lowest BCUT2D eigenvalue weighted by Crippen LogP contribution is -2.33. The molecule has 0 fully saturated rings. The molecule has 0 bridgehead atoms. The molecule has 114 valence electrons. The third-order valence-corrected chi connectivity index (χ3v) is 3.39. The van der Waals surface area contributed by atoms with Crippen LogP contribution in [-0.4, -0.2) is 18.4 Å². The first-order valence-corrected chi connectivity index (χ1v) is 7.01. The lowest BCUT2D eigenvalue weighted by atomic mass is 10.2. The predicted molar refractivity (Wildman–Crippen MR) is 83.8 cm³/mol. The Morgan fingerprint density at radius 2 is 1.68 bits per heavy atom. The number of rotatable bonds is 4. The van der Waals surface area contributed by atoms with Crippen LogP contribution in [-0.2, 0) is 4.79 Å². The van der Waals surface area contributed by atoms with Crippen LogP contribution in [0.5, 0.6) is 0 Å². The summed E-state index contributed by atoms with van der Waals surface area (Å²) >= 11 is 11.7. The van der Waals surface area contributed by atoms with Crippen LogP contribution in [0.4, 0.5) is 10.1 Å². The van der Waals surface area contributed by atoms with E-state index >= 15 is 0 Å². The SMILES string of the molecule is O=C(CNC(=O)c1c(F)cccc1Cl)Nc1ccccc1Cl. The van der Waals surface area contributed by atoms with Gasteiger partial charge in [-0.1, -0.05) is 41.4 Å². The van der Waals surface area contributed by atoms with Crippen molar-refractivity contribution >= 4 is 40.7 Å². The van der Waals surface area contributed by atoms with Gasteiger partial charge in [-0.25, -0.2) is 4.39 Å². The molecule has 22 heavy (non-hydrogen) atoms. The summed E-state index contributed by atoms with van der Waals surface area (Å²) in [5.41, 5.74) is 0.127. The Kier molecular flexibility index (Phi) is 5.35. The van der Waals surface area contributed by atoms with Crippen LogP contribution in [0.15, 0.2) is 42.5 Å². The molecular weight excluding hydrogens is 330 g/mol. The molecule has 0 aliphatic rings. The second-order valence-corrected chi connectivity index (χ2v) is 5.12. The zero-order valence-corrected chi connectivity index (χ0v) is 12.7. The van der Waals surface area contributed by atoms with Gasteiger partial charge in [0.05, 0.1) is 27.8 Å². The fourth-order valence-electron chi connectivity index (χ4n) is 1.72. The van der Waals surface area contributed by atoms with Crippen LogP contribution in [0.25, 0.3) is 0 Å². The van der Waals surface area contributed by atoms with Crippen molar-refractivity contribution in [1.82, 2.24) is 5.32 Å².